The number of nitrogens with zero attached hydrogens (tertiary/aromatic N) is 1. The zero-order chi connectivity index (χ0) is 16.8. The van der Waals surface area contributed by atoms with Crippen molar-refractivity contribution >= 4 is 27.9 Å². The first-order valence-electron chi connectivity index (χ1n) is 7.54. The summed E-state index contributed by atoms with van der Waals surface area (Å²) in [6.45, 7) is 0. The molecule has 1 aliphatic carbocycles. The second kappa shape index (κ2) is 8.02. The lowest BCUT2D eigenvalue weighted by molar-refractivity contribution is -0.117. The monoisotopic (exact) mass is 378 g/mol. The van der Waals surface area contributed by atoms with E-state index in [2.05, 4.69) is 21.2 Å². The fraction of sp³-hybridized carbons (Fsp3) is 0.412. The van der Waals surface area contributed by atoms with E-state index in [0.717, 1.165) is 25.7 Å². The Balaban J connectivity index is 2.21. The Bertz CT molecular complexity index is 659. The summed E-state index contributed by atoms with van der Waals surface area (Å²) in [4.78, 5) is 12.3. The van der Waals surface area contributed by atoms with Gasteiger partial charge in [0.15, 0.2) is 11.5 Å². The van der Waals surface area contributed by atoms with Crippen molar-refractivity contribution in [1.29, 1.82) is 5.26 Å². The third-order valence-electron chi connectivity index (χ3n) is 3.90. The van der Waals surface area contributed by atoms with Crippen molar-refractivity contribution < 1.29 is 14.6 Å². The molecular weight excluding hydrogens is 360 g/mol. The van der Waals surface area contributed by atoms with E-state index in [1.165, 1.54) is 25.7 Å². The Morgan fingerprint density at radius 1 is 1.43 bits per heavy atom. The van der Waals surface area contributed by atoms with Crippen LogP contribution >= 0.6 is 15.9 Å². The zero-order valence-electron chi connectivity index (χ0n) is 12.9. The van der Waals surface area contributed by atoms with Crippen LogP contribution in [0.5, 0.6) is 11.5 Å². The van der Waals surface area contributed by atoms with E-state index in [4.69, 9.17) is 4.74 Å². The van der Waals surface area contributed by atoms with Gasteiger partial charge >= 0.3 is 0 Å². The van der Waals surface area contributed by atoms with Gasteiger partial charge in [-0.15, -0.1) is 0 Å². The molecule has 122 valence electrons. The normalized spacial score (nSPS) is 15.8. The predicted octanol–water partition coefficient (Wildman–Crippen LogP) is 3.52. The van der Waals surface area contributed by atoms with Crippen molar-refractivity contribution in [3.63, 3.8) is 0 Å². The molecule has 1 aromatic rings. The van der Waals surface area contributed by atoms with Crippen LogP contribution in [0.1, 0.15) is 37.7 Å². The number of amides is 1. The van der Waals surface area contributed by atoms with Crippen LogP contribution in [0.15, 0.2) is 22.2 Å². The number of ether oxygens (including phenoxy) is 1. The number of methoxy groups -OCH3 is 1. The first-order valence-corrected chi connectivity index (χ1v) is 8.33. The summed E-state index contributed by atoms with van der Waals surface area (Å²) < 4.78 is 5.63. The molecule has 1 fully saturated rings. The molecule has 1 amide bonds. The van der Waals surface area contributed by atoms with Crippen LogP contribution in [0.4, 0.5) is 0 Å². The van der Waals surface area contributed by atoms with Crippen molar-refractivity contribution in [2.75, 3.05) is 7.11 Å². The lowest BCUT2D eigenvalue weighted by Gasteiger charge is -2.22. The van der Waals surface area contributed by atoms with E-state index in [1.807, 2.05) is 6.07 Å². The minimum absolute atomic E-state index is 0.0123. The minimum atomic E-state index is -0.363. The molecule has 2 N–H and O–H groups in total. The molecule has 23 heavy (non-hydrogen) atoms. The Labute approximate surface area is 144 Å². The van der Waals surface area contributed by atoms with Crippen molar-refractivity contribution in [3.05, 3.63) is 27.7 Å². The standard InChI is InChI=1S/C17H19BrN2O3/c1-23-16-8-11(14(18)9-15(16)21)7-12(10-19)17(22)20-13-5-3-2-4-6-13/h7-9,13,21H,2-6H2,1H3,(H,20,22)/b12-7-. The van der Waals surface area contributed by atoms with Gasteiger partial charge in [-0.05, 0) is 36.6 Å². The smallest absolute Gasteiger partial charge is 0.262 e. The van der Waals surface area contributed by atoms with Crippen LogP contribution in [0, 0.1) is 11.3 Å². The molecule has 6 heteroatoms. The summed E-state index contributed by atoms with van der Waals surface area (Å²) in [5.41, 5.74) is 0.624. The summed E-state index contributed by atoms with van der Waals surface area (Å²) >= 11 is 3.31. The molecule has 0 atom stereocenters. The SMILES string of the molecule is COc1cc(/C=C(/C#N)C(=O)NC2CCCCC2)c(Br)cc1O. The molecule has 1 aromatic carbocycles. The number of nitrogens with one attached hydrogen (secondary N) is 1. The first kappa shape index (κ1) is 17.4. The summed E-state index contributed by atoms with van der Waals surface area (Å²) in [5.74, 6) is -0.0931. The van der Waals surface area contributed by atoms with Crippen LogP contribution in [0.2, 0.25) is 0 Å². The van der Waals surface area contributed by atoms with Gasteiger partial charge in [-0.2, -0.15) is 5.26 Å². The molecule has 1 saturated carbocycles. The highest BCUT2D eigenvalue weighted by Crippen LogP contribution is 2.33. The molecule has 0 heterocycles. The molecule has 0 aromatic heterocycles. The van der Waals surface area contributed by atoms with Gasteiger partial charge in [0.25, 0.3) is 5.91 Å². The van der Waals surface area contributed by atoms with Crippen LogP contribution in [-0.2, 0) is 4.79 Å². The quantitative estimate of drug-likeness (QED) is 0.620. The lowest BCUT2D eigenvalue weighted by Crippen LogP contribution is -2.36. The Morgan fingerprint density at radius 2 is 2.13 bits per heavy atom. The van der Waals surface area contributed by atoms with E-state index in [0.29, 0.717) is 10.0 Å². The number of aromatic hydroxyl groups is 1. The average Bonchev–Trinajstić information content (AvgIpc) is 2.55. The summed E-state index contributed by atoms with van der Waals surface area (Å²) in [6.07, 6.45) is 6.83. The highest BCUT2D eigenvalue weighted by molar-refractivity contribution is 9.10. The van der Waals surface area contributed by atoms with Gasteiger partial charge in [-0.1, -0.05) is 35.2 Å². The molecule has 0 spiro atoms. The van der Waals surface area contributed by atoms with Gasteiger partial charge in [-0.25, -0.2) is 0 Å². The first-order chi connectivity index (χ1) is 11.0. The highest BCUT2D eigenvalue weighted by atomic mass is 79.9. The van der Waals surface area contributed by atoms with Crippen molar-refractivity contribution in [3.8, 4) is 17.6 Å². The summed E-state index contributed by atoms with van der Waals surface area (Å²) in [5, 5.41) is 21.9. The largest absolute Gasteiger partial charge is 0.504 e. The van der Waals surface area contributed by atoms with E-state index in [9.17, 15) is 15.2 Å². The number of phenolic OH excluding ortho intramolecular Hbond substituents is 1. The van der Waals surface area contributed by atoms with E-state index in [-0.39, 0.29) is 29.0 Å². The third kappa shape index (κ3) is 4.49. The highest BCUT2D eigenvalue weighted by Gasteiger charge is 2.18. The molecule has 0 radical (unpaired) electrons. The van der Waals surface area contributed by atoms with Crippen molar-refractivity contribution in [2.45, 2.75) is 38.1 Å². The number of carbonyl (C=O) groups is 1. The minimum Gasteiger partial charge on any atom is -0.504 e. The van der Waals surface area contributed by atoms with Gasteiger partial charge in [0.05, 0.1) is 7.11 Å². The van der Waals surface area contributed by atoms with Gasteiger partial charge < -0.3 is 15.2 Å². The number of hydrogen-bond donors (Lipinski definition) is 2. The Hall–Kier alpha value is -2.00. The lowest BCUT2D eigenvalue weighted by atomic mass is 9.95. The van der Waals surface area contributed by atoms with Crippen LogP contribution in [-0.4, -0.2) is 24.2 Å². The third-order valence-corrected chi connectivity index (χ3v) is 4.59. The molecule has 0 aliphatic heterocycles. The maximum Gasteiger partial charge on any atom is 0.262 e. The molecule has 2 rings (SSSR count). The Morgan fingerprint density at radius 3 is 2.74 bits per heavy atom. The summed E-state index contributed by atoms with van der Waals surface area (Å²) in [6, 6.07) is 5.13. The van der Waals surface area contributed by atoms with Gasteiger partial charge in [0.1, 0.15) is 11.6 Å². The predicted molar refractivity (Wildman–Crippen MR) is 91.0 cm³/mol. The number of halogens is 1. The molecule has 0 unspecified atom stereocenters. The van der Waals surface area contributed by atoms with E-state index < -0.39 is 0 Å². The fourth-order valence-corrected chi connectivity index (χ4v) is 3.09. The number of phenols is 1. The number of nitriles is 1. The van der Waals surface area contributed by atoms with Crippen LogP contribution in [0.3, 0.4) is 0 Å². The van der Waals surface area contributed by atoms with Crippen molar-refractivity contribution in [1.82, 2.24) is 5.32 Å². The van der Waals surface area contributed by atoms with Crippen molar-refractivity contribution in [2.24, 2.45) is 0 Å². The second-order valence-corrected chi connectivity index (χ2v) is 6.38. The van der Waals surface area contributed by atoms with Gasteiger partial charge in [0.2, 0.25) is 0 Å². The number of hydrogen-bond acceptors (Lipinski definition) is 4. The number of carbonyl (C=O) groups excluding carboxylic acids is 1. The second-order valence-electron chi connectivity index (χ2n) is 5.52. The fourth-order valence-electron chi connectivity index (χ4n) is 2.65. The summed E-state index contributed by atoms with van der Waals surface area (Å²) in [7, 11) is 1.44. The maximum absolute atomic E-state index is 12.3. The molecule has 0 bridgehead atoms. The van der Waals surface area contributed by atoms with Gasteiger partial charge in [-0.3, -0.25) is 4.79 Å². The topological polar surface area (TPSA) is 82.3 Å². The van der Waals surface area contributed by atoms with Gasteiger partial charge in [0, 0.05) is 10.5 Å². The zero-order valence-corrected chi connectivity index (χ0v) is 14.5. The van der Waals surface area contributed by atoms with Crippen LogP contribution < -0.4 is 10.1 Å². The Kier molecular flexibility index (Phi) is 6.05. The van der Waals surface area contributed by atoms with E-state index >= 15 is 0 Å². The molecular formula is C17H19BrN2O3. The molecule has 0 saturated heterocycles. The molecule has 5 nitrogen and oxygen atoms in total. The maximum atomic E-state index is 12.3. The number of rotatable bonds is 4. The average molecular weight is 379 g/mol. The number of benzene rings is 1. The van der Waals surface area contributed by atoms with E-state index in [1.54, 1.807) is 6.07 Å². The molecule has 1 aliphatic rings. The van der Waals surface area contributed by atoms with Crippen LogP contribution in [0.25, 0.3) is 6.08 Å².